The number of nitrogens with one attached hydrogen (secondary N) is 7. The summed E-state index contributed by atoms with van der Waals surface area (Å²) >= 11 is 0. The highest BCUT2D eigenvalue weighted by atomic mass is 16.2. The molecular formula is C18H27N7O. The van der Waals surface area contributed by atoms with Gasteiger partial charge in [0.1, 0.15) is 12.3 Å². The average molecular weight is 357 g/mol. The lowest BCUT2D eigenvalue weighted by molar-refractivity contribution is 0.234. The minimum Gasteiger partial charge on any atom is -0.386 e. The molecule has 2 amide bonds. The van der Waals surface area contributed by atoms with Crippen LogP contribution in [-0.2, 0) is 0 Å². The zero-order valence-corrected chi connectivity index (χ0v) is 14.8. The minimum atomic E-state index is -0.218. The highest BCUT2D eigenvalue weighted by Gasteiger charge is 2.22. The fourth-order valence-electron chi connectivity index (χ4n) is 3.66. The number of allylic oxidation sites excluding steroid dienone is 2. The second-order valence-corrected chi connectivity index (χ2v) is 7.04. The van der Waals surface area contributed by atoms with E-state index >= 15 is 0 Å². The quantitative estimate of drug-likeness (QED) is 0.382. The molecule has 26 heavy (non-hydrogen) atoms. The summed E-state index contributed by atoms with van der Waals surface area (Å²) in [5, 5.41) is 22.7. The molecule has 0 aromatic carbocycles. The van der Waals surface area contributed by atoms with E-state index in [2.05, 4.69) is 43.3 Å². The maximum absolute atomic E-state index is 12.2. The van der Waals surface area contributed by atoms with Crippen molar-refractivity contribution in [2.24, 2.45) is 0 Å². The number of dihydropyridines is 2. The van der Waals surface area contributed by atoms with Crippen LogP contribution in [-0.4, -0.2) is 37.5 Å². The molecule has 1 fully saturated rings. The van der Waals surface area contributed by atoms with Gasteiger partial charge in [0, 0.05) is 24.1 Å². The zero-order valence-electron chi connectivity index (χ0n) is 14.8. The third-order valence-corrected chi connectivity index (χ3v) is 5.00. The predicted molar refractivity (Wildman–Crippen MR) is 100 cm³/mol. The summed E-state index contributed by atoms with van der Waals surface area (Å²) in [7, 11) is 0. The molecule has 7 N–H and O–H groups in total. The Kier molecular flexibility index (Phi) is 4.90. The number of urea groups is 1. The van der Waals surface area contributed by atoms with E-state index in [1.807, 2.05) is 24.6 Å². The largest absolute Gasteiger partial charge is 0.386 e. The summed E-state index contributed by atoms with van der Waals surface area (Å²) in [6.45, 7) is 1.56. The predicted octanol–water partition coefficient (Wildman–Crippen LogP) is -0.00790. The molecule has 140 valence electrons. The van der Waals surface area contributed by atoms with Crippen molar-refractivity contribution >= 4 is 6.03 Å². The number of carbonyl (C=O) groups excluding carboxylic acids is 1. The van der Waals surface area contributed by atoms with Crippen LogP contribution in [0, 0.1) is 0 Å². The normalized spacial score (nSPS) is 27.3. The number of amides is 2. The molecule has 0 saturated heterocycles. The van der Waals surface area contributed by atoms with Crippen molar-refractivity contribution in [1.82, 2.24) is 37.2 Å². The van der Waals surface area contributed by atoms with Gasteiger partial charge < -0.3 is 37.2 Å². The molecule has 0 bridgehead atoms. The highest BCUT2D eigenvalue weighted by molar-refractivity contribution is 5.75. The van der Waals surface area contributed by atoms with Gasteiger partial charge in [-0.3, -0.25) is 0 Å². The van der Waals surface area contributed by atoms with Gasteiger partial charge in [0.25, 0.3) is 0 Å². The van der Waals surface area contributed by atoms with Gasteiger partial charge in [-0.15, -0.1) is 0 Å². The van der Waals surface area contributed by atoms with Gasteiger partial charge in [0.2, 0.25) is 0 Å². The van der Waals surface area contributed by atoms with Crippen LogP contribution in [0.1, 0.15) is 25.7 Å². The van der Waals surface area contributed by atoms with Crippen LogP contribution < -0.4 is 37.2 Å². The van der Waals surface area contributed by atoms with Gasteiger partial charge in [0.15, 0.2) is 0 Å². The monoisotopic (exact) mass is 357 g/mol. The Bertz CT molecular complexity index is 660. The van der Waals surface area contributed by atoms with E-state index in [9.17, 15) is 4.79 Å². The molecule has 1 saturated carbocycles. The van der Waals surface area contributed by atoms with E-state index in [0.717, 1.165) is 43.0 Å². The van der Waals surface area contributed by atoms with Gasteiger partial charge in [-0.1, -0.05) is 12.8 Å². The van der Waals surface area contributed by atoms with Crippen molar-refractivity contribution in [2.75, 3.05) is 13.1 Å². The van der Waals surface area contributed by atoms with Crippen LogP contribution in [0.2, 0.25) is 0 Å². The van der Waals surface area contributed by atoms with E-state index in [1.165, 1.54) is 12.8 Å². The summed E-state index contributed by atoms with van der Waals surface area (Å²) in [6.07, 6.45) is 14.4. The maximum atomic E-state index is 12.2. The third-order valence-electron chi connectivity index (χ3n) is 5.00. The Balaban J connectivity index is 1.31. The molecule has 8 heteroatoms. The van der Waals surface area contributed by atoms with Crippen molar-refractivity contribution in [3.05, 3.63) is 47.7 Å². The van der Waals surface area contributed by atoms with Gasteiger partial charge in [-0.25, -0.2) is 4.79 Å². The molecule has 3 aliphatic heterocycles. The van der Waals surface area contributed by atoms with Crippen molar-refractivity contribution in [3.8, 4) is 0 Å². The third kappa shape index (κ3) is 4.07. The van der Waals surface area contributed by atoms with Crippen molar-refractivity contribution in [3.63, 3.8) is 0 Å². The van der Waals surface area contributed by atoms with Crippen LogP contribution in [0.5, 0.6) is 0 Å². The van der Waals surface area contributed by atoms with Crippen LogP contribution in [0.3, 0.4) is 0 Å². The van der Waals surface area contributed by atoms with E-state index in [-0.39, 0.29) is 18.4 Å². The van der Waals surface area contributed by atoms with Crippen LogP contribution in [0.25, 0.3) is 0 Å². The lowest BCUT2D eigenvalue weighted by Crippen LogP contribution is -2.52. The first-order valence-corrected chi connectivity index (χ1v) is 9.38. The van der Waals surface area contributed by atoms with Crippen LogP contribution in [0.15, 0.2) is 47.7 Å². The second kappa shape index (κ2) is 7.63. The fraction of sp³-hybridized carbons (Fsp3) is 0.500. The van der Waals surface area contributed by atoms with Crippen molar-refractivity contribution in [2.45, 2.75) is 44.1 Å². The molecule has 3 heterocycles. The second-order valence-electron chi connectivity index (χ2n) is 7.04. The molecule has 0 radical (unpaired) electrons. The maximum Gasteiger partial charge on any atom is 0.316 e. The van der Waals surface area contributed by atoms with E-state index in [0.29, 0.717) is 6.04 Å². The molecule has 4 aliphatic rings. The topological polar surface area (TPSA) is 101 Å². The fourth-order valence-corrected chi connectivity index (χ4v) is 3.66. The lowest BCUT2D eigenvalue weighted by atomic mass is 10.1. The first-order chi connectivity index (χ1) is 12.8. The molecular weight excluding hydrogens is 330 g/mol. The van der Waals surface area contributed by atoms with Gasteiger partial charge in [-0.05, 0) is 31.1 Å². The summed E-state index contributed by atoms with van der Waals surface area (Å²) in [6, 6.07) is 0.202. The Labute approximate surface area is 153 Å². The number of hydrogen-bond acceptors (Lipinski definition) is 6. The van der Waals surface area contributed by atoms with Gasteiger partial charge >= 0.3 is 6.03 Å². The van der Waals surface area contributed by atoms with Gasteiger partial charge in [-0.2, -0.15) is 0 Å². The van der Waals surface area contributed by atoms with Crippen molar-refractivity contribution < 1.29 is 4.79 Å². The zero-order chi connectivity index (χ0) is 17.8. The summed E-state index contributed by atoms with van der Waals surface area (Å²) < 4.78 is 0. The number of hydrogen-bond donors (Lipinski definition) is 7. The van der Waals surface area contributed by atoms with E-state index < -0.39 is 0 Å². The lowest BCUT2D eigenvalue weighted by Gasteiger charge is -2.31. The summed E-state index contributed by atoms with van der Waals surface area (Å²) in [5.41, 5.74) is 3.11. The highest BCUT2D eigenvalue weighted by Crippen LogP contribution is 2.18. The number of rotatable bonds is 4. The Morgan fingerprint density at radius 2 is 2.00 bits per heavy atom. The molecule has 8 nitrogen and oxygen atoms in total. The van der Waals surface area contributed by atoms with E-state index in [1.54, 1.807) is 0 Å². The van der Waals surface area contributed by atoms with Crippen LogP contribution in [0.4, 0.5) is 4.79 Å². The molecule has 2 unspecified atom stereocenters. The minimum absolute atomic E-state index is 0.113. The first-order valence-electron chi connectivity index (χ1n) is 9.38. The standard InChI is InChI=1S/C18H27N7O/c26-18(23-12-3-1-2-4-12)25-16-6-5-14-15(24-16)9-13(10-21-14)22-17-11-19-7-8-20-17/h5-9,12,16-17,19-22,24H,1-4,10-11H2,(H2,23,25,26). The Morgan fingerprint density at radius 1 is 1.12 bits per heavy atom. The van der Waals surface area contributed by atoms with Crippen LogP contribution >= 0.6 is 0 Å². The molecule has 1 aliphatic carbocycles. The summed E-state index contributed by atoms with van der Waals surface area (Å²) in [4.78, 5) is 12.2. The van der Waals surface area contributed by atoms with E-state index in [4.69, 9.17) is 0 Å². The molecule has 0 spiro atoms. The Hall–Kier alpha value is -2.77. The average Bonchev–Trinajstić information content (AvgIpc) is 3.15. The van der Waals surface area contributed by atoms with Crippen molar-refractivity contribution in [1.29, 1.82) is 0 Å². The molecule has 4 rings (SSSR count). The Morgan fingerprint density at radius 3 is 2.81 bits per heavy atom. The smallest absolute Gasteiger partial charge is 0.316 e. The summed E-state index contributed by atoms with van der Waals surface area (Å²) in [5.74, 6) is 0. The molecule has 0 aromatic heterocycles. The first kappa shape index (κ1) is 16.7. The number of carbonyl (C=O) groups is 1. The van der Waals surface area contributed by atoms with Gasteiger partial charge in [0.05, 0.1) is 24.5 Å². The molecule has 2 atom stereocenters. The molecule has 0 aromatic rings. The SMILES string of the molecule is O=C(NC1CCCC1)NC1C=CC2=C(C=C(NC3CNC=CN3)CN2)N1.